The minimum absolute atomic E-state index is 0.105. The zero-order valence-corrected chi connectivity index (χ0v) is 17.5. The van der Waals surface area contributed by atoms with Crippen LogP contribution in [0.4, 0.5) is 0 Å². The molecule has 0 aliphatic carbocycles. The van der Waals surface area contributed by atoms with E-state index in [1.165, 1.54) is 4.57 Å². The Morgan fingerprint density at radius 1 is 1.21 bits per heavy atom. The van der Waals surface area contributed by atoms with Crippen LogP contribution in [0.1, 0.15) is 11.1 Å². The zero-order valence-electron chi connectivity index (χ0n) is 15.1. The molecule has 0 radical (unpaired) electrons. The quantitative estimate of drug-likeness (QED) is 0.612. The minimum Gasteiger partial charge on any atom is -0.496 e. The summed E-state index contributed by atoms with van der Waals surface area (Å²) in [7, 11) is 1.56. The molecule has 7 heteroatoms. The summed E-state index contributed by atoms with van der Waals surface area (Å²) < 4.78 is 8.36. The van der Waals surface area contributed by atoms with Crippen LogP contribution >= 0.6 is 27.3 Å². The number of hydrogen-bond acceptors (Lipinski definition) is 5. The predicted octanol–water partition coefficient (Wildman–Crippen LogP) is 3.01. The lowest BCUT2D eigenvalue weighted by Crippen LogP contribution is -2.31. The summed E-state index contributed by atoms with van der Waals surface area (Å²) in [6, 6.07) is 16.6. The van der Waals surface area contributed by atoms with Gasteiger partial charge in [-0.3, -0.25) is 9.36 Å². The predicted molar refractivity (Wildman–Crippen MR) is 113 cm³/mol. The molecule has 3 aromatic rings. The van der Waals surface area contributed by atoms with Crippen molar-refractivity contribution in [3.63, 3.8) is 0 Å². The van der Waals surface area contributed by atoms with Crippen molar-refractivity contribution < 1.29 is 4.74 Å². The van der Waals surface area contributed by atoms with Crippen molar-refractivity contribution in [2.45, 2.75) is 6.92 Å². The van der Waals surface area contributed by atoms with E-state index in [1.807, 2.05) is 49.4 Å². The van der Waals surface area contributed by atoms with Crippen LogP contribution in [0.15, 0.2) is 51.7 Å². The first kappa shape index (κ1) is 19.6. The van der Waals surface area contributed by atoms with Gasteiger partial charge in [-0.2, -0.15) is 10.5 Å². The van der Waals surface area contributed by atoms with Gasteiger partial charge in [-0.25, -0.2) is 0 Å². The highest BCUT2D eigenvalue weighted by Gasteiger charge is 2.13. The summed E-state index contributed by atoms with van der Waals surface area (Å²) in [5, 5.41) is 18.7. The van der Waals surface area contributed by atoms with Crippen LogP contribution in [0.5, 0.6) is 5.75 Å². The number of methoxy groups -OCH3 is 1. The largest absolute Gasteiger partial charge is 0.496 e. The molecule has 3 rings (SSSR count). The number of benzene rings is 2. The Morgan fingerprint density at radius 2 is 1.93 bits per heavy atom. The SMILES string of the molecule is COc1ccc(Br)cc1/C=c1\sc(=C(C#N)C#N)n(-c2ccccc2C)c1=O. The Kier molecular flexibility index (Phi) is 5.79. The summed E-state index contributed by atoms with van der Waals surface area (Å²) >= 11 is 4.53. The highest BCUT2D eigenvalue weighted by atomic mass is 79.9. The molecular weight excluding hydrogens is 438 g/mol. The molecular formula is C21H14BrN3O2S. The summed E-state index contributed by atoms with van der Waals surface area (Å²) in [5.41, 5.74) is 1.83. The monoisotopic (exact) mass is 451 g/mol. The van der Waals surface area contributed by atoms with Crippen LogP contribution in [0.3, 0.4) is 0 Å². The number of aromatic nitrogens is 1. The lowest BCUT2D eigenvalue weighted by molar-refractivity contribution is 0.414. The molecule has 0 spiro atoms. The third-order valence-electron chi connectivity index (χ3n) is 4.10. The molecule has 2 aromatic carbocycles. The second-order valence-electron chi connectivity index (χ2n) is 5.83. The van der Waals surface area contributed by atoms with Gasteiger partial charge >= 0.3 is 0 Å². The van der Waals surface area contributed by atoms with Gasteiger partial charge in [0.25, 0.3) is 5.56 Å². The van der Waals surface area contributed by atoms with Gasteiger partial charge in [0.05, 0.1) is 17.3 Å². The maximum absolute atomic E-state index is 13.2. The summed E-state index contributed by atoms with van der Waals surface area (Å²) in [6.45, 7) is 1.88. The Bertz CT molecular complexity index is 1310. The molecule has 0 N–H and O–H groups in total. The first-order valence-corrected chi connectivity index (χ1v) is 9.78. The van der Waals surface area contributed by atoms with Gasteiger partial charge < -0.3 is 4.74 Å². The number of halogens is 1. The highest BCUT2D eigenvalue weighted by Crippen LogP contribution is 2.23. The van der Waals surface area contributed by atoms with Crippen molar-refractivity contribution in [2.75, 3.05) is 7.11 Å². The lowest BCUT2D eigenvalue weighted by Gasteiger charge is -2.05. The zero-order chi connectivity index (χ0) is 20.3. The Morgan fingerprint density at radius 3 is 2.57 bits per heavy atom. The van der Waals surface area contributed by atoms with Gasteiger partial charge in [-0.15, -0.1) is 11.3 Å². The van der Waals surface area contributed by atoms with Gasteiger partial charge in [-0.05, 0) is 42.8 Å². The van der Waals surface area contributed by atoms with E-state index < -0.39 is 0 Å². The number of aryl methyl sites for hydroxylation is 1. The van der Waals surface area contributed by atoms with Crippen molar-refractivity contribution in [3.8, 4) is 23.6 Å². The number of para-hydroxylation sites is 1. The fraction of sp³-hybridized carbons (Fsp3) is 0.0952. The van der Waals surface area contributed by atoms with E-state index in [-0.39, 0.29) is 11.1 Å². The molecule has 0 fully saturated rings. The first-order valence-electron chi connectivity index (χ1n) is 8.17. The number of nitrogens with zero attached hydrogens (tertiary/aromatic N) is 3. The normalized spacial score (nSPS) is 11.0. The van der Waals surface area contributed by atoms with Crippen LogP contribution in [0, 0.1) is 29.6 Å². The Balaban J connectivity index is 2.45. The Labute approximate surface area is 173 Å². The van der Waals surface area contributed by atoms with Crippen molar-refractivity contribution in [1.29, 1.82) is 10.5 Å². The van der Waals surface area contributed by atoms with Crippen LogP contribution in [0.2, 0.25) is 0 Å². The smallest absolute Gasteiger partial charge is 0.273 e. The molecule has 0 aliphatic heterocycles. The van der Waals surface area contributed by atoms with Crippen LogP contribution < -0.4 is 19.5 Å². The third kappa shape index (κ3) is 3.63. The number of rotatable bonds is 3. The average Bonchev–Trinajstić information content (AvgIpc) is 2.99. The highest BCUT2D eigenvalue weighted by molar-refractivity contribution is 9.10. The standard InChI is InChI=1S/C21H14BrN3O2S/c1-13-5-3-4-6-17(13)25-20(26)19(28-21(25)15(11-23)12-24)10-14-9-16(22)7-8-18(14)27-2/h3-10H,1-2H3/b19-10-. The number of hydrogen-bond donors (Lipinski definition) is 0. The van der Waals surface area contributed by atoms with Gasteiger partial charge in [0.1, 0.15) is 22.6 Å². The second kappa shape index (κ2) is 8.26. The fourth-order valence-electron chi connectivity index (χ4n) is 2.76. The summed E-state index contributed by atoms with van der Waals surface area (Å²) in [4.78, 5) is 13.2. The van der Waals surface area contributed by atoms with Crippen molar-refractivity contribution in [3.05, 3.63) is 77.6 Å². The van der Waals surface area contributed by atoms with Crippen LogP contribution in [-0.4, -0.2) is 11.7 Å². The molecule has 0 aliphatic rings. The minimum atomic E-state index is -0.292. The van der Waals surface area contributed by atoms with E-state index in [4.69, 9.17) is 4.74 Å². The van der Waals surface area contributed by atoms with Gasteiger partial charge in [0.2, 0.25) is 0 Å². The molecule has 0 unspecified atom stereocenters. The number of nitriles is 2. The van der Waals surface area contributed by atoms with E-state index in [0.717, 1.165) is 21.4 Å². The molecule has 1 aromatic heterocycles. The van der Waals surface area contributed by atoms with E-state index in [0.29, 0.717) is 26.2 Å². The maximum atomic E-state index is 13.2. The molecule has 138 valence electrons. The molecule has 0 atom stereocenters. The van der Waals surface area contributed by atoms with Gasteiger partial charge in [0.15, 0.2) is 5.57 Å². The van der Waals surface area contributed by atoms with Crippen molar-refractivity contribution in [2.24, 2.45) is 0 Å². The van der Waals surface area contributed by atoms with E-state index in [1.54, 1.807) is 25.3 Å². The summed E-state index contributed by atoms with van der Waals surface area (Å²) in [5.74, 6) is 0.616. The summed E-state index contributed by atoms with van der Waals surface area (Å²) in [6.07, 6.45) is 1.71. The van der Waals surface area contributed by atoms with Crippen molar-refractivity contribution >= 4 is 38.9 Å². The molecule has 0 saturated heterocycles. The van der Waals surface area contributed by atoms with Crippen LogP contribution in [-0.2, 0) is 0 Å². The van der Waals surface area contributed by atoms with Crippen molar-refractivity contribution in [1.82, 2.24) is 4.57 Å². The average molecular weight is 452 g/mol. The Hall–Kier alpha value is -3.13. The maximum Gasteiger partial charge on any atom is 0.273 e. The second-order valence-corrected chi connectivity index (χ2v) is 7.77. The van der Waals surface area contributed by atoms with E-state index >= 15 is 0 Å². The molecule has 1 heterocycles. The van der Waals surface area contributed by atoms with Gasteiger partial charge in [-0.1, -0.05) is 34.1 Å². The fourth-order valence-corrected chi connectivity index (χ4v) is 4.18. The van der Waals surface area contributed by atoms with Crippen LogP contribution in [0.25, 0.3) is 17.3 Å². The van der Waals surface area contributed by atoms with E-state index in [9.17, 15) is 15.3 Å². The number of ether oxygens (including phenoxy) is 1. The molecule has 0 saturated carbocycles. The molecule has 0 bridgehead atoms. The molecule has 28 heavy (non-hydrogen) atoms. The van der Waals surface area contributed by atoms with Gasteiger partial charge in [0, 0.05) is 10.0 Å². The lowest BCUT2D eigenvalue weighted by atomic mass is 10.2. The third-order valence-corrected chi connectivity index (χ3v) is 5.68. The first-order chi connectivity index (χ1) is 13.5. The number of thiazole rings is 1. The molecule has 0 amide bonds. The van der Waals surface area contributed by atoms with E-state index in [2.05, 4.69) is 15.9 Å². The molecule has 5 nitrogen and oxygen atoms in total. The topological polar surface area (TPSA) is 78.8 Å².